The molecule has 0 spiro atoms. The van der Waals surface area contributed by atoms with Crippen LogP contribution in [0.25, 0.3) is 11.3 Å². The third-order valence-corrected chi connectivity index (χ3v) is 4.55. The maximum Gasteiger partial charge on any atom is 0.345 e. The van der Waals surface area contributed by atoms with Gasteiger partial charge < -0.3 is 18.9 Å². The van der Waals surface area contributed by atoms with Gasteiger partial charge in [-0.1, -0.05) is 18.2 Å². The standard InChI is InChI=1S/C25H20N2O5/c1-29-21-14-18(15-22(16-21)30-2)25(28)32-24-13-12-23(26-27-24)17-8-10-20(11-9-17)31-19-6-4-3-5-7-19/h3-16H,1-2H3. The Bertz CT molecular complexity index is 1170. The molecule has 160 valence electrons. The molecule has 0 bridgehead atoms. The number of aromatic nitrogens is 2. The van der Waals surface area contributed by atoms with Crippen molar-refractivity contribution in [1.82, 2.24) is 10.2 Å². The minimum atomic E-state index is -0.591. The van der Waals surface area contributed by atoms with Crippen LogP contribution in [0.3, 0.4) is 0 Å². The summed E-state index contributed by atoms with van der Waals surface area (Å²) >= 11 is 0. The third kappa shape index (κ3) is 5.02. The second-order valence-corrected chi connectivity index (χ2v) is 6.69. The third-order valence-electron chi connectivity index (χ3n) is 4.55. The predicted octanol–water partition coefficient (Wildman–Crippen LogP) is 5.17. The Hall–Kier alpha value is -4.39. The molecule has 7 heteroatoms. The van der Waals surface area contributed by atoms with E-state index in [4.69, 9.17) is 18.9 Å². The smallest absolute Gasteiger partial charge is 0.345 e. The summed E-state index contributed by atoms with van der Waals surface area (Å²) in [6.45, 7) is 0. The van der Waals surface area contributed by atoms with Gasteiger partial charge in [-0.15, -0.1) is 10.2 Å². The van der Waals surface area contributed by atoms with E-state index in [-0.39, 0.29) is 11.4 Å². The summed E-state index contributed by atoms with van der Waals surface area (Å²) < 4.78 is 21.5. The summed E-state index contributed by atoms with van der Waals surface area (Å²) in [5.74, 6) is 1.94. The first-order valence-corrected chi connectivity index (χ1v) is 9.77. The van der Waals surface area contributed by atoms with Crippen molar-refractivity contribution in [3.05, 3.63) is 90.5 Å². The molecule has 0 atom stereocenters. The van der Waals surface area contributed by atoms with E-state index >= 15 is 0 Å². The van der Waals surface area contributed by atoms with Gasteiger partial charge in [0, 0.05) is 17.7 Å². The summed E-state index contributed by atoms with van der Waals surface area (Å²) in [6.07, 6.45) is 0. The van der Waals surface area contributed by atoms with Gasteiger partial charge in [-0.25, -0.2) is 4.79 Å². The molecule has 0 unspecified atom stereocenters. The van der Waals surface area contributed by atoms with Crippen molar-refractivity contribution >= 4 is 5.97 Å². The van der Waals surface area contributed by atoms with Crippen LogP contribution in [-0.2, 0) is 0 Å². The maximum absolute atomic E-state index is 12.5. The number of hydrogen-bond acceptors (Lipinski definition) is 7. The van der Waals surface area contributed by atoms with Crippen LogP contribution < -0.4 is 18.9 Å². The number of ether oxygens (including phenoxy) is 4. The summed E-state index contributed by atoms with van der Waals surface area (Å²) in [7, 11) is 3.02. The van der Waals surface area contributed by atoms with Crippen LogP contribution in [-0.4, -0.2) is 30.4 Å². The second kappa shape index (κ2) is 9.61. The normalized spacial score (nSPS) is 10.3. The van der Waals surface area contributed by atoms with E-state index in [2.05, 4.69) is 10.2 Å². The van der Waals surface area contributed by atoms with E-state index in [1.54, 1.807) is 30.3 Å². The van der Waals surface area contributed by atoms with E-state index in [9.17, 15) is 4.79 Å². The molecular formula is C25H20N2O5. The molecule has 0 amide bonds. The van der Waals surface area contributed by atoms with Gasteiger partial charge in [-0.2, -0.15) is 0 Å². The summed E-state index contributed by atoms with van der Waals surface area (Å²) in [6, 6.07) is 25.1. The number of esters is 1. The summed E-state index contributed by atoms with van der Waals surface area (Å²) in [5.41, 5.74) is 1.77. The Labute approximate surface area is 185 Å². The lowest BCUT2D eigenvalue weighted by Gasteiger charge is -2.08. The van der Waals surface area contributed by atoms with Crippen molar-refractivity contribution in [3.63, 3.8) is 0 Å². The van der Waals surface area contributed by atoms with Crippen molar-refractivity contribution in [2.75, 3.05) is 14.2 Å². The van der Waals surface area contributed by atoms with E-state index in [0.29, 0.717) is 22.9 Å². The number of para-hydroxylation sites is 1. The number of carbonyl (C=O) groups is 1. The highest BCUT2D eigenvalue weighted by atomic mass is 16.5. The van der Waals surface area contributed by atoms with E-state index < -0.39 is 5.97 Å². The highest BCUT2D eigenvalue weighted by Crippen LogP contribution is 2.26. The van der Waals surface area contributed by atoms with Crippen molar-refractivity contribution in [1.29, 1.82) is 0 Å². The van der Waals surface area contributed by atoms with E-state index in [1.165, 1.54) is 14.2 Å². The second-order valence-electron chi connectivity index (χ2n) is 6.69. The van der Waals surface area contributed by atoms with Gasteiger partial charge in [0.1, 0.15) is 23.0 Å². The van der Waals surface area contributed by atoms with Crippen molar-refractivity contribution in [2.45, 2.75) is 0 Å². The zero-order chi connectivity index (χ0) is 22.3. The van der Waals surface area contributed by atoms with Crippen LogP contribution in [0.15, 0.2) is 84.9 Å². The number of carbonyl (C=O) groups excluding carboxylic acids is 1. The van der Waals surface area contributed by atoms with E-state index in [0.717, 1.165) is 11.3 Å². The van der Waals surface area contributed by atoms with Gasteiger partial charge >= 0.3 is 5.97 Å². The first-order chi connectivity index (χ1) is 15.6. The maximum atomic E-state index is 12.5. The molecule has 1 aromatic heterocycles. The van der Waals surface area contributed by atoms with Gasteiger partial charge in [0.15, 0.2) is 0 Å². The zero-order valence-corrected chi connectivity index (χ0v) is 17.5. The molecule has 3 aromatic carbocycles. The highest BCUT2D eigenvalue weighted by Gasteiger charge is 2.14. The fraction of sp³-hybridized carbons (Fsp3) is 0.0800. The topological polar surface area (TPSA) is 79.8 Å². The molecule has 0 aliphatic carbocycles. The average molecular weight is 428 g/mol. The number of nitrogens with zero attached hydrogens (tertiary/aromatic N) is 2. The molecule has 0 N–H and O–H groups in total. The molecule has 0 aliphatic rings. The van der Waals surface area contributed by atoms with Crippen molar-refractivity contribution in [3.8, 4) is 40.1 Å². The molecule has 0 radical (unpaired) electrons. The van der Waals surface area contributed by atoms with Crippen LogP contribution in [0.5, 0.6) is 28.9 Å². The molecule has 0 fully saturated rings. The van der Waals surface area contributed by atoms with Crippen LogP contribution in [0.1, 0.15) is 10.4 Å². The van der Waals surface area contributed by atoms with Crippen LogP contribution in [0.2, 0.25) is 0 Å². The quantitative estimate of drug-likeness (QED) is 0.376. The number of methoxy groups -OCH3 is 2. The predicted molar refractivity (Wildman–Crippen MR) is 118 cm³/mol. The van der Waals surface area contributed by atoms with Gasteiger partial charge in [-0.3, -0.25) is 0 Å². The van der Waals surface area contributed by atoms with Crippen LogP contribution in [0.4, 0.5) is 0 Å². The first-order valence-electron chi connectivity index (χ1n) is 9.77. The molecule has 4 rings (SSSR count). The first kappa shape index (κ1) is 20.9. The van der Waals surface area contributed by atoms with Gasteiger partial charge in [-0.05, 0) is 54.6 Å². The average Bonchev–Trinajstić information content (AvgIpc) is 2.85. The minimum Gasteiger partial charge on any atom is -0.497 e. The summed E-state index contributed by atoms with van der Waals surface area (Å²) in [5, 5.41) is 8.17. The van der Waals surface area contributed by atoms with Gasteiger partial charge in [0.05, 0.1) is 25.5 Å². The number of benzene rings is 3. The molecule has 0 saturated carbocycles. The molecule has 4 aromatic rings. The molecule has 1 heterocycles. The number of hydrogen-bond donors (Lipinski definition) is 0. The molecule has 0 aliphatic heterocycles. The highest BCUT2D eigenvalue weighted by molar-refractivity contribution is 5.91. The lowest BCUT2D eigenvalue weighted by Crippen LogP contribution is -2.10. The van der Waals surface area contributed by atoms with Crippen LogP contribution in [0, 0.1) is 0 Å². The summed E-state index contributed by atoms with van der Waals surface area (Å²) in [4.78, 5) is 12.5. The Morgan fingerprint density at radius 3 is 1.94 bits per heavy atom. The lowest BCUT2D eigenvalue weighted by atomic mass is 10.1. The van der Waals surface area contributed by atoms with Crippen molar-refractivity contribution < 1.29 is 23.7 Å². The van der Waals surface area contributed by atoms with Crippen molar-refractivity contribution in [2.24, 2.45) is 0 Å². The Balaban J connectivity index is 1.43. The Morgan fingerprint density at radius 1 is 0.688 bits per heavy atom. The van der Waals surface area contributed by atoms with E-state index in [1.807, 2.05) is 54.6 Å². The Kier molecular flexibility index (Phi) is 6.27. The largest absolute Gasteiger partial charge is 0.497 e. The molecule has 7 nitrogen and oxygen atoms in total. The SMILES string of the molecule is COc1cc(OC)cc(C(=O)Oc2ccc(-c3ccc(Oc4ccccc4)cc3)nn2)c1. The van der Waals surface area contributed by atoms with Gasteiger partial charge in [0.2, 0.25) is 5.88 Å². The minimum absolute atomic E-state index is 0.0876. The zero-order valence-electron chi connectivity index (χ0n) is 17.5. The fourth-order valence-electron chi connectivity index (χ4n) is 2.93. The Morgan fingerprint density at radius 2 is 1.34 bits per heavy atom. The molecule has 0 saturated heterocycles. The van der Waals surface area contributed by atoms with Gasteiger partial charge in [0.25, 0.3) is 0 Å². The van der Waals surface area contributed by atoms with Crippen LogP contribution >= 0.6 is 0 Å². The number of rotatable bonds is 7. The monoisotopic (exact) mass is 428 g/mol. The molecular weight excluding hydrogens is 408 g/mol. The fourth-order valence-corrected chi connectivity index (χ4v) is 2.93. The lowest BCUT2D eigenvalue weighted by molar-refractivity contribution is 0.0725. The molecule has 32 heavy (non-hydrogen) atoms.